The molecule has 0 saturated carbocycles. The molecule has 104 valence electrons. The van der Waals surface area contributed by atoms with E-state index in [2.05, 4.69) is 25.5 Å². The van der Waals surface area contributed by atoms with Crippen molar-refractivity contribution < 1.29 is 4.74 Å². The molecule has 0 aliphatic carbocycles. The molecule has 0 fully saturated rings. The summed E-state index contributed by atoms with van der Waals surface area (Å²) in [6.45, 7) is 2.48. The van der Waals surface area contributed by atoms with E-state index < -0.39 is 0 Å². The number of pyridine rings is 1. The molecule has 21 heavy (non-hydrogen) atoms. The molecule has 0 spiro atoms. The first kappa shape index (κ1) is 11.9. The SMILES string of the molecule is Cc1[nH]nc2ccnc(Nc3ccc4c(c3)OCC=N4)c12. The van der Waals surface area contributed by atoms with E-state index in [0.29, 0.717) is 6.61 Å². The second-order valence-corrected chi connectivity index (χ2v) is 4.83. The van der Waals surface area contributed by atoms with Gasteiger partial charge in [0.05, 0.1) is 10.9 Å². The zero-order valence-electron chi connectivity index (χ0n) is 11.4. The summed E-state index contributed by atoms with van der Waals surface area (Å²) in [7, 11) is 0. The highest BCUT2D eigenvalue weighted by Crippen LogP contribution is 2.34. The lowest BCUT2D eigenvalue weighted by molar-refractivity contribution is 0.377. The molecule has 0 bridgehead atoms. The van der Waals surface area contributed by atoms with E-state index >= 15 is 0 Å². The van der Waals surface area contributed by atoms with E-state index in [1.54, 1.807) is 12.4 Å². The highest BCUT2D eigenvalue weighted by atomic mass is 16.5. The van der Waals surface area contributed by atoms with Crippen LogP contribution in [0.5, 0.6) is 5.75 Å². The molecule has 2 aromatic heterocycles. The van der Waals surface area contributed by atoms with Crippen molar-refractivity contribution in [3.8, 4) is 5.75 Å². The fourth-order valence-electron chi connectivity index (χ4n) is 2.42. The monoisotopic (exact) mass is 279 g/mol. The smallest absolute Gasteiger partial charge is 0.147 e. The lowest BCUT2D eigenvalue weighted by Gasteiger charge is -2.14. The fraction of sp³-hybridized carbons (Fsp3) is 0.133. The predicted octanol–water partition coefficient (Wildman–Crippen LogP) is 3.10. The van der Waals surface area contributed by atoms with E-state index in [-0.39, 0.29) is 0 Å². The average molecular weight is 279 g/mol. The lowest BCUT2D eigenvalue weighted by Crippen LogP contribution is -2.03. The zero-order valence-corrected chi connectivity index (χ0v) is 11.4. The Morgan fingerprint density at radius 2 is 2.24 bits per heavy atom. The molecule has 0 radical (unpaired) electrons. The first-order valence-corrected chi connectivity index (χ1v) is 6.67. The number of aryl methyl sites for hydroxylation is 1. The molecule has 2 N–H and O–H groups in total. The molecule has 1 aliphatic rings. The highest BCUT2D eigenvalue weighted by molar-refractivity contribution is 5.93. The summed E-state index contributed by atoms with van der Waals surface area (Å²) in [4.78, 5) is 8.69. The van der Waals surface area contributed by atoms with Crippen LogP contribution >= 0.6 is 0 Å². The van der Waals surface area contributed by atoms with Crippen LogP contribution in [0.25, 0.3) is 10.9 Å². The average Bonchev–Trinajstić information content (AvgIpc) is 2.90. The van der Waals surface area contributed by atoms with Gasteiger partial charge in [0.15, 0.2) is 0 Å². The maximum atomic E-state index is 5.57. The van der Waals surface area contributed by atoms with Gasteiger partial charge in [0.2, 0.25) is 0 Å². The van der Waals surface area contributed by atoms with Gasteiger partial charge in [0, 0.05) is 29.9 Å². The van der Waals surface area contributed by atoms with Crippen LogP contribution in [0.2, 0.25) is 0 Å². The normalized spacial score (nSPS) is 13.0. The second kappa shape index (κ2) is 4.59. The van der Waals surface area contributed by atoms with Crippen LogP contribution in [0.15, 0.2) is 35.5 Å². The van der Waals surface area contributed by atoms with E-state index in [9.17, 15) is 0 Å². The van der Waals surface area contributed by atoms with Crippen LogP contribution in [-0.2, 0) is 0 Å². The first-order valence-electron chi connectivity index (χ1n) is 6.67. The minimum absolute atomic E-state index is 0.505. The number of H-pyrrole nitrogens is 1. The number of fused-ring (bicyclic) bond motifs is 2. The minimum Gasteiger partial charge on any atom is -0.486 e. The summed E-state index contributed by atoms with van der Waals surface area (Å²) in [6, 6.07) is 7.70. The molecule has 4 rings (SSSR count). The topological polar surface area (TPSA) is 75.2 Å². The number of nitrogens with zero attached hydrogens (tertiary/aromatic N) is 3. The number of ether oxygens (including phenoxy) is 1. The molecule has 0 amide bonds. The van der Waals surface area contributed by atoms with Gasteiger partial charge >= 0.3 is 0 Å². The van der Waals surface area contributed by atoms with Gasteiger partial charge in [-0.3, -0.25) is 10.1 Å². The van der Waals surface area contributed by atoms with Crippen molar-refractivity contribution >= 4 is 34.3 Å². The van der Waals surface area contributed by atoms with E-state index in [0.717, 1.165) is 39.5 Å². The Balaban J connectivity index is 1.75. The third kappa shape index (κ3) is 2.01. The zero-order chi connectivity index (χ0) is 14.2. The van der Waals surface area contributed by atoms with E-state index in [1.165, 1.54) is 0 Å². The number of aromatic amines is 1. The van der Waals surface area contributed by atoms with Crippen molar-refractivity contribution in [2.75, 3.05) is 11.9 Å². The third-order valence-corrected chi connectivity index (χ3v) is 3.41. The second-order valence-electron chi connectivity index (χ2n) is 4.83. The minimum atomic E-state index is 0.505. The highest BCUT2D eigenvalue weighted by Gasteiger charge is 2.11. The third-order valence-electron chi connectivity index (χ3n) is 3.41. The Kier molecular flexibility index (Phi) is 2.60. The predicted molar refractivity (Wildman–Crippen MR) is 82.0 cm³/mol. The van der Waals surface area contributed by atoms with Crippen molar-refractivity contribution in [1.29, 1.82) is 0 Å². The van der Waals surface area contributed by atoms with Gasteiger partial charge in [-0.2, -0.15) is 5.10 Å². The van der Waals surface area contributed by atoms with Gasteiger partial charge in [-0.15, -0.1) is 0 Å². The number of aromatic nitrogens is 3. The van der Waals surface area contributed by atoms with Gasteiger partial charge in [0.1, 0.15) is 23.9 Å². The summed E-state index contributed by atoms with van der Waals surface area (Å²) >= 11 is 0. The fourth-order valence-corrected chi connectivity index (χ4v) is 2.42. The Labute approximate surface area is 120 Å². The molecule has 3 aromatic rings. The van der Waals surface area contributed by atoms with Gasteiger partial charge in [-0.25, -0.2) is 4.98 Å². The summed E-state index contributed by atoms with van der Waals surface area (Å²) in [6.07, 6.45) is 3.50. The maximum absolute atomic E-state index is 5.57. The molecule has 6 heteroatoms. The van der Waals surface area contributed by atoms with Gasteiger partial charge < -0.3 is 10.1 Å². The molecule has 6 nitrogen and oxygen atoms in total. The van der Waals surface area contributed by atoms with Crippen LogP contribution in [0.3, 0.4) is 0 Å². The number of rotatable bonds is 2. The molecule has 3 heterocycles. The Morgan fingerprint density at radius 3 is 3.19 bits per heavy atom. The molecular weight excluding hydrogens is 266 g/mol. The first-order chi connectivity index (χ1) is 10.3. The summed E-state index contributed by atoms with van der Waals surface area (Å²) in [5.41, 5.74) is 3.63. The number of anilines is 2. The number of aliphatic imine (C=N–C) groups is 1. The quantitative estimate of drug-likeness (QED) is 0.755. The van der Waals surface area contributed by atoms with Crippen molar-refractivity contribution in [2.24, 2.45) is 4.99 Å². The van der Waals surface area contributed by atoms with Crippen molar-refractivity contribution in [3.63, 3.8) is 0 Å². The molecule has 0 unspecified atom stereocenters. The van der Waals surface area contributed by atoms with Crippen LogP contribution in [0, 0.1) is 6.92 Å². The van der Waals surface area contributed by atoms with E-state index in [1.807, 2.05) is 31.2 Å². The van der Waals surface area contributed by atoms with Crippen molar-refractivity contribution in [2.45, 2.75) is 6.92 Å². The Morgan fingerprint density at radius 1 is 1.29 bits per heavy atom. The standard InChI is InChI=1S/C15H13N5O/c1-9-14-12(20-19-9)4-5-17-15(14)18-10-2-3-11-13(8-10)21-7-6-16-11/h2-6,8H,7H2,1H3,(H,17,18)(H,19,20). The maximum Gasteiger partial charge on any atom is 0.147 e. The van der Waals surface area contributed by atoms with Crippen LogP contribution in [0.1, 0.15) is 5.69 Å². The Bertz CT molecular complexity index is 852. The van der Waals surface area contributed by atoms with Crippen molar-refractivity contribution in [1.82, 2.24) is 15.2 Å². The van der Waals surface area contributed by atoms with Gasteiger partial charge in [0.25, 0.3) is 0 Å². The Hall–Kier alpha value is -2.89. The lowest BCUT2D eigenvalue weighted by atomic mass is 10.2. The summed E-state index contributed by atoms with van der Waals surface area (Å²) in [5, 5.41) is 11.5. The number of hydrogen-bond acceptors (Lipinski definition) is 5. The van der Waals surface area contributed by atoms with Crippen LogP contribution < -0.4 is 10.1 Å². The molecular formula is C15H13N5O. The molecule has 0 atom stereocenters. The van der Waals surface area contributed by atoms with Crippen molar-refractivity contribution in [3.05, 3.63) is 36.2 Å². The number of benzene rings is 1. The molecule has 1 aromatic carbocycles. The number of hydrogen-bond donors (Lipinski definition) is 2. The van der Waals surface area contributed by atoms with Gasteiger partial charge in [-0.05, 0) is 25.1 Å². The molecule has 0 saturated heterocycles. The number of nitrogens with one attached hydrogen (secondary N) is 2. The van der Waals surface area contributed by atoms with Crippen LogP contribution in [0.4, 0.5) is 17.2 Å². The van der Waals surface area contributed by atoms with E-state index in [4.69, 9.17) is 4.74 Å². The largest absolute Gasteiger partial charge is 0.486 e. The summed E-state index contributed by atoms with van der Waals surface area (Å²) < 4.78 is 5.57. The molecule has 1 aliphatic heterocycles. The van der Waals surface area contributed by atoms with Gasteiger partial charge in [-0.1, -0.05) is 0 Å². The van der Waals surface area contributed by atoms with Crippen LogP contribution in [-0.4, -0.2) is 28.0 Å². The summed E-state index contributed by atoms with van der Waals surface area (Å²) in [5.74, 6) is 1.55.